The van der Waals surface area contributed by atoms with E-state index in [9.17, 15) is 22.8 Å². The molecule has 0 fully saturated rings. The lowest BCUT2D eigenvalue weighted by molar-refractivity contribution is -0.274. The molecule has 0 N–H and O–H groups in total. The van der Waals surface area contributed by atoms with Crippen molar-refractivity contribution in [3.8, 4) is 17.5 Å². The van der Waals surface area contributed by atoms with Crippen LogP contribution in [0.1, 0.15) is 43.2 Å². The van der Waals surface area contributed by atoms with Crippen molar-refractivity contribution in [3.63, 3.8) is 0 Å². The smallest absolute Gasteiger partial charge is 0.425 e. The first-order valence-corrected chi connectivity index (χ1v) is 17.2. The first kappa shape index (κ1) is 33.3. The van der Waals surface area contributed by atoms with Crippen LogP contribution >= 0.6 is 11.6 Å². The van der Waals surface area contributed by atoms with Crippen molar-refractivity contribution in [1.82, 2.24) is 14.5 Å². The molecule has 2 amide bonds. The summed E-state index contributed by atoms with van der Waals surface area (Å²) in [6.45, 7) is 11.0. The molecular formula is C30H36ClF3N4O5Si. The maximum atomic E-state index is 14.0. The minimum absolute atomic E-state index is 0.0142. The number of benzene rings is 2. The van der Waals surface area contributed by atoms with Gasteiger partial charge in [0.15, 0.2) is 19.8 Å². The third-order valence-corrected chi connectivity index (χ3v) is 12.8. The van der Waals surface area contributed by atoms with Crippen LogP contribution in [0.4, 0.5) is 19.0 Å². The first-order valence-electron chi connectivity index (χ1n) is 14.0. The van der Waals surface area contributed by atoms with Gasteiger partial charge in [0, 0.05) is 31.8 Å². The van der Waals surface area contributed by atoms with E-state index in [1.807, 2.05) is 0 Å². The Labute approximate surface area is 260 Å². The average molecular weight is 653 g/mol. The number of hydrogen-bond acceptors (Lipinski definition) is 6. The van der Waals surface area contributed by atoms with Crippen LogP contribution in [-0.4, -0.2) is 67.7 Å². The predicted molar refractivity (Wildman–Crippen MR) is 163 cm³/mol. The fourth-order valence-corrected chi connectivity index (χ4v) is 5.65. The average Bonchev–Trinajstić information content (AvgIpc) is 3.24. The van der Waals surface area contributed by atoms with Gasteiger partial charge in [0.2, 0.25) is 0 Å². The first-order chi connectivity index (χ1) is 20.4. The molecule has 1 atom stereocenters. The Hall–Kier alpha value is -3.55. The molecule has 4 rings (SSSR count). The topological polar surface area (TPSA) is 86.1 Å². The van der Waals surface area contributed by atoms with E-state index in [0.29, 0.717) is 11.6 Å². The molecule has 0 bridgehead atoms. The minimum Gasteiger partial charge on any atom is -0.425 e. The molecule has 3 aromatic rings. The molecule has 1 aliphatic heterocycles. The number of halogens is 4. The van der Waals surface area contributed by atoms with Crippen molar-refractivity contribution in [2.45, 2.75) is 64.3 Å². The predicted octanol–water partition coefficient (Wildman–Crippen LogP) is 7.10. The van der Waals surface area contributed by atoms with E-state index >= 15 is 0 Å². The molecule has 2 heterocycles. The number of amides is 2. The van der Waals surface area contributed by atoms with E-state index in [2.05, 4.69) is 43.6 Å². The van der Waals surface area contributed by atoms with E-state index in [1.54, 1.807) is 31.3 Å². The van der Waals surface area contributed by atoms with Crippen LogP contribution in [0.2, 0.25) is 23.2 Å². The summed E-state index contributed by atoms with van der Waals surface area (Å²) in [5.74, 6) is -1.27. The molecule has 0 spiro atoms. The third-order valence-electron chi connectivity index (χ3n) is 8.00. The Bertz CT molecular complexity index is 1520. The Morgan fingerprint density at radius 1 is 1.00 bits per heavy atom. The van der Waals surface area contributed by atoms with Crippen molar-refractivity contribution in [2.24, 2.45) is 0 Å². The molecule has 2 aromatic carbocycles. The third kappa shape index (κ3) is 7.38. The van der Waals surface area contributed by atoms with Crippen LogP contribution in [-0.2, 0) is 15.8 Å². The summed E-state index contributed by atoms with van der Waals surface area (Å²) in [6.07, 6.45) is -4.61. The number of carbonyl (C=O) groups excluding carboxylic acids is 2. The Morgan fingerprint density at radius 3 is 2.25 bits per heavy atom. The number of ether oxygens (including phenoxy) is 2. The second-order valence-electron chi connectivity index (χ2n) is 12.1. The summed E-state index contributed by atoms with van der Waals surface area (Å²) in [7, 11) is 0.987. The lowest BCUT2D eigenvalue weighted by Crippen LogP contribution is -2.48. The van der Waals surface area contributed by atoms with E-state index in [0.717, 1.165) is 17.7 Å². The maximum absolute atomic E-state index is 14.0. The summed E-state index contributed by atoms with van der Waals surface area (Å²) < 4.78 is 56.2. The highest BCUT2D eigenvalue weighted by molar-refractivity contribution is 6.74. The van der Waals surface area contributed by atoms with Crippen molar-refractivity contribution in [3.05, 3.63) is 64.8 Å². The van der Waals surface area contributed by atoms with Crippen LogP contribution in [0.5, 0.6) is 17.5 Å². The van der Waals surface area contributed by atoms with Gasteiger partial charge in [-0.3, -0.25) is 19.1 Å². The van der Waals surface area contributed by atoms with Gasteiger partial charge in [0.1, 0.15) is 17.5 Å². The zero-order valence-corrected chi connectivity index (χ0v) is 27.4. The van der Waals surface area contributed by atoms with Gasteiger partial charge in [-0.15, -0.1) is 13.2 Å². The fraction of sp³-hybridized carbons (Fsp3) is 0.433. The minimum atomic E-state index is -4.89. The van der Waals surface area contributed by atoms with Gasteiger partial charge in [-0.1, -0.05) is 50.6 Å². The van der Waals surface area contributed by atoms with Crippen molar-refractivity contribution < 1.29 is 36.7 Å². The van der Waals surface area contributed by atoms with Gasteiger partial charge >= 0.3 is 12.4 Å². The van der Waals surface area contributed by atoms with E-state index < -0.39 is 32.4 Å². The van der Waals surface area contributed by atoms with Gasteiger partial charge in [-0.25, -0.2) is 0 Å². The lowest BCUT2D eigenvalue weighted by Gasteiger charge is -2.37. The number of aromatic nitrogens is 2. The highest BCUT2D eigenvalue weighted by Crippen LogP contribution is 2.38. The SMILES string of the molecule is CN1C(=O)C(CCO[Si](C)(C)C(C)(C)C)N(C)C(=O)c2c1nc(Oc1cccc(OC(F)(F)F)c1)n2Cc1ccc(Cl)cc1. The lowest BCUT2D eigenvalue weighted by atomic mass is 10.1. The number of likely N-dealkylation sites (N-methyl/N-ethyl adjacent to an activating group) is 2. The van der Waals surface area contributed by atoms with Crippen LogP contribution in [0, 0.1) is 0 Å². The van der Waals surface area contributed by atoms with Crippen LogP contribution in [0.15, 0.2) is 48.5 Å². The number of rotatable bonds is 9. The largest absolute Gasteiger partial charge is 0.573 e. The van der Waals surface area contributed by atoms with Gasteiger partial charge in [-0.2, -0.15) is 4.98 Å². The highest BCUT2D eigenvalue weighted by Gasteiger charge is 2.42. The Balaban J connectivity index is 1.71. The number of anilines is 1. The normalized spacial score (nSPS) is 16.2. The molecule has 1 aromatic heterocycles. The number of fused-ring (bicyclic) bond motifs is 1. The molecule has 1 unspecified atom stereocenters. The number of alkyl halides is 3. The Kier molecular flexibility index (Phi) is 9.43. The summed E-state index contributed by atoms with van der Waals surface area (Å²) in [5, 5.41) is 0.493. The van der Waals surface area contributed by atoms with Gasteiger partial charge < -0.3 is 18.8 Å². The van der Waals surface area contributed by atoms with Gasteiger partial charge in [0.05, 0.1) is 6.54 Å². The summed E-state index contributed by atoms with van der Waals surface area (Å²) >= 11 is 6.07. The monoisotopic (exact) mass is 652 g/mol. The molecular weight excluding hydrogens is 617 g/mol. The molecule has 44 heavy (non-hydrogen) atoms. The van der Waals surface area contributed by atoms with Crippen LogP contribution in [0.3, 0.4) is 0 Å². The van der Waals surface area contributed by atoms with Crippen LogP contribution in [0.25, 0.3) is 0 Å². The number of nitrogens with zero attached hydrogens (tertiary/aromatic N) is 4. The number of imidazole rings is 1. The molecule has 0 radical (unpaired) electrons. The molecule has 0 saturated carbocycles. The Morgan fingerprint density at radius 2 is 1.64 bits per heavy atom. The molecule has 14 heteroatoms. The van der Waals surface area contributed by atoms with E-state index in [4.69, 9.17) is 20.8 Å². The van der Waals surface area contributed by atoms with Crippen molar-refractivity contribution >= 4 is 37.6 Å². The summed E-state index contributed by atoms with van der Waals surface area (Å²) in [5.41, 5.74) is 0.824. The van der Waals surface area contributed by atoms with E-state index in [-0.39, 0.29) is 47.2 Å². The summed E-state index contributed by atoms with van der Waals surface area (Å²) in [6, 6.07) is 10.9. The second-order valence-corrected chi connectivity index (χ2v) is 17.4. The zero-order chi connectivity index (χ0) is 32.6. The van der Waals surface area contributed by atoms with E-state index in [1.165, 1.54) is 33.5 Å². The fourth-order valence-electron chi connectivity index (χ4n) is 4.46. The quantitative estimate of drug-likeness (QED) is 0.229. The molecule has 1 aliphatic rings. The van der Waals surface area contributed by atoms with Gasteiger partial charge in [0.25, 0.3) is 11.8 Å². The molecule has 0 saturated heterocycles. The molecule has 0 aliphatic carbocycles. The highest BCUT2D eigenvalue weighted by atomic mass is 35.5. The maximum Gasteiger partial charge on any atom is 0.573 e. The number of carbonyl (C=O) groups is 2. The second kappa shape index (κ2) is 12.4. The standard InChI is InChI=1S/C30H36ClF3N4O5Si/c1-29(2,3)44(6,7)41-16-15-23-26(39)37(5)25-24(27(40)36(23)4)38(18-19-11-13-20(31)14-12-19)28(35-25)42-21-9-8-10-22(17-21)43-30(32,33)34/h8-14,17,23H,15-16,18H2,1-7H3. The van der Waals surface area contributed by atoms with Crippen LogP contribution < -0.4 is 14.4 Å². The number of hydrogen-bond donors (Lipinski definition) is 0. The van der Waals surface area contributed by atoms with Gasteiger partial charge in [-0.05, 0) is 54.4 Å². The molecule has 238 valence electrons. The summed E-state index contributed by atoms with van der Waals surface area (Å²) in [4.78, 5) is 35.0. The van der Waals surface area contributed by atoms with Crippen molar-refractivity contribution in [2.75, 3.05) is 25.6 Å². The van der Waals surface area contributed by atoms with Crippen molar-refractivity contribution in [1.29, 1.82) is 0 Å². The zero-order valence-electron chi connectivity index (χ0n) is 25.7. The molecule has 9 nitrogen and oxygen atoms in total.